The summed E-state index contributed by atoms with van der Waals surface area (Å²) in [4.78, 5) is 18.0. The molecule has 0 unspecified atom stereocenters. The Morgan fingerprint density at radius 3 is 2.30 bits per heavy atom. The van der Waals surface area contributed by atoms with E-state index in [9.17, 15) is 9.18 Å². The molecular formula is C22H20FN3O. The number of benzene rings is 2. The van der Waals surface area contributed by atoms with Crippen LogP contribution in [-0.2, 0) is 11.3 Å². The predicted octanol–water partition coefficient (Wildman–Crippen LogP) is 4.32. The fourth-order valence-electron chi connectivity index (χ4n) is 2.55. The molecule has 0 spiro atoms. The van der Waals surface area contributed by atoms with Crippen molar-refractivity contribution in [3.05, 3.63) is 96.1 Å². The molecule has 3 aromatic rings. The van der Waals surface area contributed by atoms with Crippen molar-refractivity contribution in [2.24, 2.45) is 0 Å². The number of halogens is 1. The Labute approximate surface area is 158 Å². The molecule has 3 rings (SSSR count). The Balaban J connectivity index is 1.54. The largest absolute Gasteiger partial charge is 0.348 e. The normalized spacial score (nSPS) is 10.7. The predicted molar refractivity (Wildman–Crippen MR) is 106 cm³/mol. The van der Waals surface area contributed by atoms with Gasteiger partial charge in [-0.2, -0.15) is 0 Å². The first-order chi connectivity index (χ1) is 13.1. The SMILES string of the molecule is CN(c1ccncc1)c1ccc(CNC(=O)/C=C/c2ccc(F)cc2)cc1. The summed E-state index contributed by atoms with van der Waals surface area (Å²) in [5.74, 6) is -0.494. The molecule has 1 heterocycles. The summed E-state index contributed by atoms with van der Waals surface area (Å²) in [6, 6.07) is 17.8. The van der Waals surface area contributed by atoms with Crippen molar-refractivity contribution in [2.75, 3.05) is 11.9 Å². The first kappa shape index (κ1) is 18.3. The van der Waals surface area contributed by atoms with E-state index in [1.165, 1.54) is 18.2 Å². The van der Waals surface area contributed by atoms with Gasteiger partial charge in [0, 0.05) is 43.4 Å². The van der Waals surface area contributed by atoms with Crippen LogP contribution in [-0.4, -0.2) is 17.9 Å². The van der Waals surface area contributed by atoms with E-state index in [2.05, 4.69) is 15.2 Å². The Hall–Kier alpha value is -3.47. The smallest absolute Gasteiger partial charge is 0.244 e. The maximum Gasteiger partial charge on any atom is 0.244 e. The fraction of sp³-hybridized carbons (Fsp3) is 0.0909. The third-order valence-electron chi connectivity index (χ3n) is 4.14. The highest BCUT2D eigenvalue weighted by molar-refractivity contribution is 5.91. The van der Waals surface area contributed by atoms with Crippen molar-refractivity contribution in [3.8, 4) is 0 Å². The van der Waals surface area contributed by atoms with Crippen molar-refractivity contribution in [2.45, 2.75) is 6.54 Å². The zero-order valence-electron chi connectivity index (χ0n) is 15.0. The van der Waals surface area contributed by atoms with E-state index in [0.29, 0.717) is 6.54 Å². The molecule has 0 fully saturated rings. The zero-order valence-corrected chi connectivity index (χ0v) is 15.0. The maximum atomic E-state index is 12.9. The van der Waals surface area contributed by atoms with E-state index in [-0.39, 0.29) is 11.7 Å². The van der Waals surface area contributed by atoms with Crippen molar-refractivity contribution >= 4 is 23.4 Å². The standard InChI is InChI=1S/C22H20FN3O/c1-26(21-12-14-24-15-13-21)20-9-4-18(5-10-20)16-25-22(27)11-6-17-2-7-19(23)8-3-17/h2-15H,16H2,1H3,(H,25,27)/b11-6+. The molecule has 0 radical (unpaired) electrons. The number of hydrogen-bond donors (Lipinski definition) is 1. The zero-order chi connectivity index (χ0) is 19.1. The Bertz CT molecular complexity index is 907. The lowest BCUT2D eigenvalue weighted by molar-refractivity contribution is -0.116. The van der Waals surface area contributed by atoms with Gasteiger partial charge in [-0.3, -0.25) is 9.78 Å². The minimum Gasteiger partial charge on any atom is -0.348 e. The summed E-state index contributed by atoms with van der Waals surface area (Å²) in [6.45, 7) is 0.436. The summed E-state index contributed by atoms with van der Waals surface area (Å²) in [7, 11) is 1.99. The average molecular weight is 361 g/mol. The van der Waals surface area contributed by atoms with E-state index in [0.717, 1.165) is 22.5 Å². The Morgan fingerprint density at radius 2 is 1.63 bits per heavy atom. The molecule has 5 heteroatoms. The maximum absolute atomic E-state index is 12.9. The van der Waals surface area contributed by atoms with Crippen LogP contribution in [0.3, 0.4) is 0 Å². The number of rotatable bonds is 6. The molecule has 136 valence electrons. The summed E-state index contributed by atoms with van der Waals surface area (Å²) in [5, 5.41) is 2.84. The number of aromatic nitrogens is 1. The van der Waals surface area contributed by atoms with E-state index in [4.69, 9.17) is 0 Å². The van der Waals surface area contributed by atoms with Gasteiger partial charge in [-0.15, -0.1) is 0 Å². The molecule has 0 atom stereocenters. The van der Waals surface area contributed by atoms with Crippen molar-refractivity contribution < 1.29 is 9.18 Å². The van der Waals surface area contributed by atoms with Gasteiger partial charge in [0.2, 0.25) is 5.91 Å². The number of nitrogens with zero attached hydrogens (tertiary/aromatic N) is 2. The van der Waals surface area contributed by atoms with Crippen LogP contribution < -0.4 is 10.2 Å². The third-order valence-corrected chi connectivity index (χ3v) is 4.14. The molecule has 0 aliphatic carbocycles. The van der Waals surface area contributed by atoms with E-state index >= 15 is 0 Å². The Morgan fingerprint density at radius 1 is 1.00 bits per heavy atom. The van der Waals surface area contributed by atoms with Crippen LogP contribution in [0.5, 0.6) is 0 Å². The fourth-order valence-corrected chi connectivity index (χ4v) is 2.55. The quantitative estimate of drug-likeness (QED) is 0.665. The highest BCUT2D eigenvalue weighted by Crippen LogP contribution is 2.22. The number of amides is 1. The van der Waals surface area contributed by atoms with Crippen LogP contribution in [0.4, 0.5) is 15.8 Å². The summed E-state index contributed by atoms with van der Waals surface area (Å²) >= 11 is 0. The first-order valence-electron chi connectivity index (χ1n) is 8.56. The van der Waals surface area contributed by atoms with Crippen LogP contribution in [0.1, 0.15) is 11.1 Å². The third kappa shape index (κ3) is 5.25. The number of carbonyl (C=O) groups excluding carboxylic acids is 1. The molecule has 4 nitrogen and oxygen atoms in total. The lowest BCUT2D eigenvalue weighted by atomic mass is 10.2. The van der Waals surface area contributed by atoms with Crippen LogP contribution in [0.2, 0.25) is 0 Å². The minimum atomic E-state index is -0.297. The van der Waals surface area contributed by atoms with Crippen molar-refractivity contribution in [1.29, 1.82) is 0 Å². The molecule has 0 saturated carbocycles. The van der Waals surface area contributed by atoms with Gasteiger partial charge in [0.25, 0.3) is 0 Å². The van der Waals surface area contributed by atoms with Gasteiger partial charge in [-0.25, -0.2) is 4.39 Å². The molecule has 0 aliphatic heterocycles. The molecular weight excluding hydrogens is 341 g/mol. The van der Waals surface area contributed by atoms with E-state index in [1.807, 2.05) is 43.4 Å². The second-order valence-corrected chi connectivity index (χ2v) is 6.03. The van der Waals surface area contributed by atoms with Crippen LogP contribution in [0.15, 0.2) is 79.1 Å². The topological polar surface area (TPSA) is 45.2 Å². The lowest BCUT2D eigenvalue weighted by Gasteiger charge is -2.19. The lowest BCUT2D eigenvalue weighted by Crippen LogP contribution is -2.20. The number of anilines is 2. The highest BCUT2D eigenvalue weighted by Gasteiger charge is 2.04. The van der Waals surface area contributed by atoms with Crippen LogP contribution in [0, 0.1) is 5.82 Å². The second-order valence-electron chi connectivity index (χ2n) is 6.03. The monoisotopic (exact) mass is 361 g/mol. The van der Waals surface area contributed by atoms with Crippen LogP contribution >= 0.6 is 0 Å². The van der Waals surface area contributed by atoms with Gasteiger partial charge < -0.3 is 10.2 Å². The van der Waals surface area contributed by atoms with Gasteiger partial charge in [0.1, 0.15) is 5.82 Å². The number of pyridine rings is 1. The van der Waals surface area contributed by atoms with Gasteiger partial charge in [-0.05, 0) is 53.6 Å². The van der Waals surface area contributed by atoms with E-state index in [1.54, 1.807) is 30.6 Å². The summed E-state index contributed by atoms with van der Waals surface area (Å²) < 4.78 is 12.9. The second kappa shape index (κ2) is 8.76. The molecule has 0 saturated heterocycles. The van der Waals surface area contributed by atoms with Gasteiger partial charge in [0.15, 0.2) is 0 Å². The molecule has 1 amide bonds. The number of carbonyl (C=O) groups is 1. The average Bonchev–Trinajstić information content (AvgIpc) is 2.72. The molecule has 2 aromatic carbocycles. The van der Waals surface area contributed by atoms with E-state index < -0.39 is 0 Å². The van der Waals surface area contributed by atoms with Gasteiger partial charge >= 0.3 is 0 Å². The summed E-state index contributed by atoms with van der Waals surface area (Å²) in [6.07, 6.45) is 6.62. The van der Waals surface area contributed by atoms with Gasteiger partial charge in [0.05, 0.1) is 0 Å². The van der Waals surface area contributed by atoms with Crippen LogP contribution in [0.25, 0.3) is 6.08 Å². The molecule has 0 bridgehead atoms. The minimum absolute atomic E-state index is 0.197. The number of hydrogen-bond acceptors (Lipinski definition) is 3. The molecule has 1 aromatic heterocycles. The Kier molecular flexibility index (Phi) is 5.94. The highest BCUT2D eigenvalue weighted by atomic mass is 19.1. The number of nitrogens with one attached hydrogen (secondary N) is 1. The molecule has 0 aliphatic rings. The summed E-state index contributed by atoms with van der Waals surface area (Å²) in [5.41, 5.74) is 3.88. The van der Waals surface area contributed by atoms with Crippen molar-refractivity contribution in [3.63, 3.8) is 0 Å². The van der Waals surface area contributed by atoms with Gasteiger partial charge in [-0.1, -0.05) is 24.3 Å². The van der Waals surface area contributed by atoms with Crippen molar-refractivity contribution in [1.82, 2.24) is 10.3 Å². The molecule has 27 heavy (non-hydrogen) atoms. The first-order valence-corrected chi connectivity index (χ1v) is 8.56. The molecule has 1 N–H and O–H groups in total.